The van der Waals surface area contributed by atoms with E-state index in [4.69, 9.17) is 4.74 Å². The first kappa shape index (κ1) is 24.8. The van der Waals surface area contributed by atoms with Crippen LogP contribution in [0.4, 0.5) is 5.69 Å². The molecular weight excluding hydrogens is 460 g/mol. The molecule has 1 amide bonds. The van der Waals surface area contributed by atoms with Gasteiger partial charge in [-0.1, -0.05) is 36.4 Å². The van der Waals surface area contributed by atoms with Crippen LogP contribution in [0.15, 0.2) is 72.8 Å². The van der Waals surface area contributed by atoms with Gasteiger partial charge in [-0.05, 0) is 92.6 Å². The Bertz CT molecular complexity index is 1270. The van der Waals surface area contributed by atoms with Crippen molar-refractivity contribution in [2.45, 2.75) is 51.6 Å². The highest BCUT2D eigenvalue weighted by molar-refractivity contribution is 7.92. The number of para-hydroxylation sites is 1. The van der Waals surface area contributed by atoms with Gasteiger partial charge in [-0.15, -0.1) is 0 Å². The zero-order chi connectivity index (χ0) is 25.0. The molecule has 0 spiro atoms. The summed E-state index contributed by atoms with van der Waals surface area (Å²) < 4.78 is 32.3. The number of hydrogen-bond donors (Lipinski definition) is 1. The Hall–Kier alpha value is -3.32. The van der Waals surface area contributed by atoms with E-state index in [-0.39, 0.29) is 11.9 Å². The van der Waals surface area contributed by atoms with Gasteiger partial charge in [0.1, 0.15) is 17.5 Å². The lowest BCUT2D eigenvalue weighted by atomic mass is 9.89. The van der Waals surface area contributed by atoms with Crippen molar-refractivity contribution >= 4 is 21.6 Å². The molecule has 0 aromatic heterocycles. The minimum Gasteiger partial charge on any atom is -0.457 e. The lowest BCUT2D eigenvalue weighted by molar-refractivity contribution is -0.122. The lowest BCUT2D eigenvalue weighted by Gasteiger charge is -2.29. The van der Waals surface area contributed by atoms with Crippen molar-refractivity contribution in [3.8, 4) is 11.5 Å². The summed E-state index contributed by atoms with van der Waals surface area (Å²) in [6.07, 6.45) is 5.68. The van der Waals surface area contributed by atoms with Crippen LogP contribution in [0.5, 0.6) is 11.5 Å². The van der Waals surface area contributed by atoms with Crippen LogP contribution in [-0.2, 0) is 27.7 Å². The van der Waals surface area contributed by atoms with E-state index in [0.717, 1.165) is 29.0 Å². The molecule has 1 aliphatic carbocycles. The molecule has 6 nitrogen and oxygen atoms in total. The molecule has 184 valence electrons. The van der Waals surface area contributed by atoms with Crippen LogP contribution in [0.25, 0.3) is 0 Å². The summed E-state index contributed by atoms with van der Waals surface area (Å²) in [5, 5.41) is 3.00. The molecule has 0 saturated heterocycles. The number of carbonyl (C=O) groups is 1. The van der Waals surface area contributed by atoms with Gasteiger partial charge in [0.05, 0.1) is 18.0 Å². The molecule has 0 radical (unpaired) electrons. The maximum Gasteiger partial charge on any atom is 0.244 e. The molecule has 0 bridgehead atoms. The van der Waals surface area contributed by atoms with Crippen LogP contribution in [0, 0.1) is 0 Å². The fraction of sp³-hybridized carbons (Fsp3) is 0.321. The van der Waals surface area contributed by atoms with Crippen molar-refractivity contribution < 1.29 is 17.9 Å². The number of sulfonamides is 1. The molecule has 3 aromatic carbocycles. The van der Waals surface area contributed by atoms with Gasteiger partial charge < -0.3 is 10.1 Å². The Morgan fingerprint density at radius 2 is 1.51 bits per heavy atom. The molecular formula is C28H32N2O4S. The maximum absolute atomic E-state index is 13.1. The molecule has 2 unspecified atom stereocenters. The molecule has 0 saturated carbocycles. The number of ether oxygens (including phenoxy) is 1. The number of amides is 1. The SMILES string of the molecule is CC(NC(=O)C(C)N(c1ccc(Oc2ccccc2)cc1)S(C)(=O)=O)c1ccc2c(c1)CCCC2. The summed E-state index contributed by atoms with van der Waals surface area (Å²) >= 11 is 0. The number of rotatable bonds is 8. The third-order valence-corrected chi connectivity index (χ3v) is 7.63. The number of benzene rings is 3. The number of nitrogens with one attached hydrogen (secondary N) is 1. The van der Waals surface area contributed by atoms with Crippen molar-refractivity contribution in [1.82, 2.24) is 5.32 Å². The summed E-state index contributed by atoms with van der Waals surface area (Å²) in [6.45, 7) is 3.53. The van der Waals surface area contributed by atoms with Crippen molar-refractivity contribution in [1.29, 1.82) is 0 Å². The first-order valence-electron chi connectivity index (χ1n) is 12.0. The van der Waals surface area contributed by atoms with Gasteiger partial charge in [0, 0.05) is 0 Å². The highest BCUT2D eigenvalue weighted by Crippen LogP contribution is 2.28. The summed E-state index contributed by atoms with van der Waals surface area (Å²) in [5.41, 5.74) is 4.16. The van der Waals surface area contributed by atoms with Crippen molar-refractivity contribution in [3.63, 3.8) is 0 Å². The number of aryl methyl sites for hydroxylation is 2. The smallest absolute Gasteiger partial charge is 0.244 e. The summed E-state index contributed by atoms with van der Waals surface area (Å²) in [5.74, 6) is 0.904. The van der Waals surface area contributed by atoms with Gasteiger partial charge in [-0.2, -0.15) is 0 Å². The van der Waals surface area contributed by atoms with Gasteiger partial charge in [0.2, 0.25) is 15.9 Å². The molecule has 35 heavy (non-hydrogen) atoms. The zero-order valence-corrected chi connectivity index (χ0v) is 21.2. The lowest BCUT2D eigenvalue weighted by Crippen LogP contribution is -2.48. The van der Waals surface area contributed by atoms with E-state index in [0.29, 0.717) is 17.2 Å². The standard InChI is InChI=1S/C28H32N2O4S/c1-20(23-14-13-22-9-7-8-10-24(22)19-23)29-28(31)21(2)30(35(3,32)33)25-15-17-27(18-16-25)34-26-11-5-4-6-12-26/h4-6,11-21H,7-10H2,1-3H3,(H,29,31). The van der Waals surface area contributed by atoms with E-state index in [9.17, 15) is 13.2 Å². The minimum atomic E-state index is -3.71. The van der Waals surface area contributed by atoms with E-state index in [1.807, 2.05) is 37.3 Å². The number of hydrogen-bond acceptors (Lipinski definition) is 4. The van der Waals surface area contributed by atoms with E-state index < -0.39 is 16.1 Å². The van der Waals surface area contributed by atoms with E-state index in [1.54, 1.807) is 31.2 Å². The first-order valence-corrected chi connectivity index (χ1v) is 13.8. The quantitative estimate of drug-likeness (QED) is 0.457. The first-order chi connectivity index (χ1) is 16.7. The molecule has 1 aliphatic rings. The van der Waals surface area contributed by atoms with E-state index in [1.165, 1.54) is 24.0 Å². The predicted octanol–water partition coefficient (Wildman–Crippen LogP) is 5.39. The minimum absolute atomic E-state index is 0.236. The second-order valence-electron chi connectivity index (χ2n) is 9.11. The van der Waals surface area contributed by atoms with E-state index >= 15 is 0 Å². The Balaban J connectivity index is 1.48. The summed E-state index contributed by atoms with van der Waals surface area (Å²) in [4.78, 5) is 13.1. The molecule has 2 atom stereocenters. The average Bonchev–Trinajstić information content (AvgIpc) is 2.84. The molecule has 4 rings (SSSR count). The van der Waals surface area contributed by atoms with Crippen LogP contribution in [-0.4, -0.2) is 26.6 Å². The Kier molecular flexibility index (Phi) is 7.45. The van der Waals surface area contributed by atoms with Gasteiger partial charge >= 0.3 is 0 Å². The molecule has 1 N–H and O–H groups in total. The second kappa shape index (κ2) is 10.5. The van der Waals surface area contributed by atoms with Crippen LogP contribution in [0.1, 0.15) is 49.4 Å². The molecule has 3 aromatic rings. The second-order valence-corrected chi connectivity index (χ2v) is 11.0. The van der Waals surface area contributed by atoms with Crippen LogP contribution < -0.4 is 14.4 Å². The molecule has 7 heteroatoms. The van der Waals surface area contributed by atoms with Crippen molar-refractivity contribution in [2.75, 3.05) is 10.6 Å². The van der Waals surface area contributed by atoms with Crippen molar-refractivity contribution in [3.05, 3.63) is 89.5 Å². The molecule has 0 heterocycles. The largest absolute Gasteiger partial charge is 0.457 e. The molecule has 0 fully saturated rings. The van der Waals surface area contributed by atoms with Gasteiger partial charge in [0.25, 0.3) is 0 Å². The average molecular weight is 493 g/mol. The highest BCUT2D eigenvalue weighted by atomic mass is 32.2. The summed E-state index contributed by atoms with van der Waals surface area (Å²) in [6, 6.07) is 21.2. The summed E-state index contributed by atoms with van der Waals surface area (Å²) in [7, 11) is -3.71. The zero-order valence-electron chi connectivity index (χ0n) is 20.4. The van der Waals surface area contributed by atoms with Crippen molar-refractivity contribution in [2.24, 2.45) is 0 Å². The topological polar surface area (TPSA) is 75.7 Å². The molecule has 0 aliphatic heterocycles. The van der Waals surface area contributed by atoms with Gasteiger partial charge in [-0.3, -0.25) is 9.10 Å². The number of carbonyl (C=O) groups excluding carboxylic acids is 1. The Morgan fingerprint density at radius 3 is 2.17 bits per heavy atom. The van der Waals surface area contributed by atoms with Crippen LogP contribution >= 0.6 is 0 Å². The monoisotopic (exact) mass is 492 g/mol. The predicted molar refractivity (Wildman–Crippen MR) is 139 cm³/mol. The number of nitrogens with zero attached hydrogens (tertiary/aromatic N) is 1. The fourth-order valence-corrected chi connectivity index (χ4v) is 5.71. The Morgan fingerprint density at radius 1 is 0.886 bits per heavy atom. The van der Waals surface area contributed by atoms with Gasteiger partial charge in [0.15, 0.2) is 0 Å². The third-order valence-electron chi connectivity index (χ3n) is 6.39. The van der Waals surface area contributed by atoms with Gasteiger partial charge in [-0.25, -0.2) is 8.42 Å². The Labute approximate surface area is 208 Å². The fourth-order valence-electron chi connectivity index (χ4n) is 4.53. The number of fused-ring (bicyclic) bond motifs is 1. The van der Waals surface area contributed by atoms with Crippen LogP contribution in [0.3, 0.4) is 0 Å². The number of anilines is 1. The van der Waals surface area contributed by atoms with E-state index in [2.05, 4.69) is 23.5 Å². The van der Waals surface area contributed by atoms with Crippen LogP contribution in [0.2, 0.25) is 0 Å². The highest BCUT2D eigenvalue weighted by Gasteiger charge is 2.30. The maximum atomic E-state index is 13.1. The third kappa shape index (κ3) is 6.03. The normalized spacial score (nSPS) is 14.9.